The molecule has 1 unspecified atom stereocenters. The summed E-state index contributed by atoms with van der Waals surface area (Å²) >= 11 is 5.62. The van der Waals surface area contributed by atoms with Crippen molar-refractivity contribution in [3.63, 3.8) is 0 Å². The molecule has 0 radical (unpaired) electrons. The van der Waals surface area contributed by atoms with Crippen molar-refractivity contribution in [3.8, 4) is 0 Å². The van der Waals surface area contributed by atoms with Crippen molar-refractivity contribution in [2.24, 2.45) is 5.14 Å². The molecular weight excluding hydrogens is 469 g/mol. The zero-order chi connectivity index (χ0) is 23.7. The third-order valence-corrected chi connectivity index (χ3v) is 6.57. The number of hydrogen-bond donors (Lipinski definition) is 2. The third kappa shape index (κ3) is 5.71. The van der Waals surface area contributed by atoms with E-state index in [9.17, 15) is 26.4 Å². The number of halogens is 4. The molecule has 2 aromatic rings. The molecule has 174 valence electrons. The third-order valence-electron chi connectivity index (χ3n) is 5.31. The molecule has 1 aliphatic heterocycles. The second-order valence-corrected chi connectivity index (χ2v) is 9.39. The molecule has 0 bridgehead atoms. The van der Waals surface area contributed by atoms with Crippen molar-refractivity contribution < 1.29 is 26.4 Å². The van der Waals surface area contributed by atoms with Crippen LogP contribution in [0.2, 0.25) is 5.02 Å². The topological polar surface area (TPSA) is 95.7 Å². The Balaban J connectivity index is 1.59. The Bertz CT molecular complexity index is 1090. The quantitative estimate of drug-likeness (QED) is 0.671. The van der Waals surface area contributed by atoms with E-state index in [0.717, 1.165) is 17.8 Å². The summed E-state index contributed by atoms with van der Waals surface area (Å²) in [6, 6.07) is 8.90. The summed E-state index contributed by atoms with van der Waals surface area (Å²) in [6.45, 7) is 3.95. The number of nitrogens with zero attached hydrogens (tertiary/aromatic N) is 2. The Kier molecular flexibility index (Phi) is 7.03. The van der Waals surface area contributed by atoms with Gasteiger partial charge in [-0.1, -0.05) is 11.6 Å². The van der Waals surface area contributed by atoms with Crippen LogP contribution < -0.4 is 15.4 Å². The van der Waals surface area contributed by atoms with Gasteiger partial charge in [0.2, 0.25) is 15.9 Å². The summed E-state index contributed by atoms with van der Waals surface area (Å²) in [5.74, 6) is -0.425. The maximum absolute atomic E-state index is 13.0. The molecule has 1 saturated heterocycles. The molecule has 0 aromatic heterocycles. The van der Waals surface area contributed by atoms with Gasteiger partial charge in [-0.3, -0.25) is 9.69 Å². The van der Waals surface area contributed by atoms with Crippen LogP contribution in [-0.4, -0.2) is 51.4 Å². The van der Waals surface area contributed by atoms with Crippen molar-refractivity contribution in [3.05, 3.63) is 53.1 Å². The number of rotatable bonds is 5. The predicted molar refractivity (Wildman–Crippen MR) is 116 cm³/mol. The van der Waals surface area contributed by atoms with Crippen LogP contribution in [0.3, 0.4) is 0 Å². The zero-order valence-electron chi connectivity index (χ0n) is 17.1. The lowest BCUT2D eigenvalue weighted by Gasteiger charge is -2.38. The van der Waals surface area contributed by atoms with E-state index in [1.807, 2.05) is 9.80 Å². The molecule has 1 aliphatic rings. The highest BCUT2D eigenvalue weighted by molar-refractivity contribution is 7.89. The predicted octanol–water partition coefficient (Wildman–Crippen LogP) is 3.16. The Morgan fingerprint density at radius 1 is 1.09 bits per heavy atom. The molecule has 1 atom stereocenters. The van der Waals surface area contributed by atoms with Gasteiger partial charge in [0.15, 0.2) is 0 Å². The first-order chi connectivity index (χ1) is 14.9. The number of anilines is 2. The van der Waals surface area contributed by atoms with Crippen LogP contribution in [-0.2, 0) is 21.0 Å². The van der Waals surface area contributed by atoms with Gasteiger partial charge in [-0.2, -0.15) is 13.2 Å². The number of carbonyl (C=O) groups excluding carboxylic acids is 1. The van der Waals surface area contributed by atoms with Crippen molar-refractivity contribution in [2.45, 2.75) is 24.0 Å². The fourth-order valence-electron chi connectivity index (χ4n) is 3.45. The summed E-state index contributed by atoms with van der Waals surface area (Å²) in [7, 11) is -3.76. The van der Waals surface area contributed by atoms with Gasteiger partial charge >= 0.3 is 6.18 Å². The van der Waals surface area contributed by atoms with E-state index in [2.05, 4.69) is 5.32 Å². The number of piperazine rings is 1. The van der Waals surface area contributed by atoms with Crippen molar-refractivity contribution in [1.82, 2.24) is 4.90 Å². The minimum atomic E-state index is -4.62. The first kappa shape index (κ1) is 24.3. The molecule has 1 fully saturated rings. The van der Waals surface area contributed by atoms with Crippen LogP contribution in [0.25, 0.3) is 0 Å². The van der Waals surface area contributed by atoms with E-state index < -0.39 is 38.7 Å². The number of primary sulfonamides is 1. The smallest absolute Gasteiger partial charge is 0.369 e. The fourth-order valence-corrected chi connectivity index (χ4v) is 4.19. The Labute approximate surface area is 189 Å². The van der Waals surface area contributed by atoms with Gasteiger partial charge in [-0.05, 0) is 49.4 Å². The summed E-state index contributed by atoms with van der Waals surface area (Å²) in [4.78, 5) is 16.6. The highest BCUT2D eigenvalue weighted by atomic mass is 35.5. The lowest BCUT2D eigenvalue weighted by atomic mass is 10.1. The maximum Gasteiger partial charge on any atom is 0.417 e. The van der Waals surface area contributed by atoms with Crippen LogP contribution in [0, 0.1) is 0 Å². The van der Waals surface area contributed by atoms with Crippen LogP contribution in [0.4, 0.5) is 24.5 Å². The lowest BCUT2D eigenvalue weighted by molar-refractivity contribution is -0.137. The van der Waals surface area contributed by atoms with Crippen molar-refractivity contribution in [1.29, 1.82) is 0 Å². The average Bonchev–Trinajstić information content (AvgIpc) is 2.73. The van der Waals surface area contributed by atoms with E-state index in [1.54, 1.807) is 19.1 Å². The highest BCUT2D eigenvalue weighted by Gasteiger charge is 2.34. The second kappa shape index (κ2) is 9.26. The molecule has 0 aliphatic carbocycles. The van der Waals surface area contributed by atoms with Gasteiger partial charge in [0, 0.05) is 37.6 Å². The summed E-state index contributed by atoms with van der Waals surface area (Å²) < 4.78 is 61.8. The molecule has 1 amide bonds. The molecule has 32 heavy (non-hydrogen) atoms. The molecule has 7 nitrogen and oxygen atoms in total. The average molecular weight is 491 g/mol. The Morgan fingerprint density at radius 2 is 1.69 bits per heavy atom. The number of benzene rings is 2. The molecule has 12 heteroatoms. The van der Waals surface area contributed by atoms with Gasteiger partial charge in [-0.25, -0.2) is 13.6 Å². The normalized spacial score (nSPS) is 16.6. The van der Waals surface area contributed by atoms with E-state index in [4.69, 9.17) is 16.7 Å². The standard InChI is InChI=1S/C20H22ClF3N4O3S/c1-13(19(29)26-14-2-7-18(21)17(12-14)20(22,23)24)27-8-10-28(11-9-27)15-3-5-16(6-4-15)32(25,30)31/h2-7,12-13H,8-11H2,1H3,(H,26,29)(H2,25,30,31). The van der Waals surface area contributed by atoms with E-state index in [0.29, 0.717) is 26.2 Å². The number of sulfonamides is 1. The van der Waals surface area contributed by atoms with E-state index >= 15 is 0 Å². The fraction of sp³-hybridized carbons (Fsp3) is 0.350. The van der Waals surface area contributed by atoms with Crippen molar-refractivity contribution >= 4 is 38.9 Å². The first-order valence-electron chi connectivity index (χ1n) is 9.66. The second-order valence-electron chi connectivity index (χ2n) is 7.42. The zero-order valence-corrected chi connectivity index (χ0v) is 18.6. The number of carbonyl (C=O) groups is 1. The molecule has 2 aromatic carbocycles. The highest BCUT2D eigenvalue weighted by Crippen LogP contribution is 2.36. The minimum Gasteiger partial charge on any atom is -0.369 e. The minimum absolute atomic E-state index is 0.0205. The number of amides is 1. The molecule has 0 saturated carbocycles. The van der Waals surface area contributed by atoms with Crippen LogP contribution in [0.1, 0.15) is 12.5 Å². The van der Waals surface area contributed by atoms with Crippen LogP contribution >= 0.6 is 11.6 Å². The van der Waals surface area contributed by atoms with Crippen LogP contribution in [0.5, 0.6) is 0 Å². The van der Waals surface area contributed by atoms with Gasteiger partial charge in [0.05, 0.1) is 21.5 Å². The Morgan fingerprint density at radius 3 is 2.22 bits per heavy atom. The maximum atomic E-state index is 13.0. The Hall–Kier alpha value is -2.34. The molecular formula is C20H22ClF3N4O3S. The number of nitrogens with one attached hydrogen (secondary N) is 1. The SMILES string of the molecule is CC(C(=O)Nc1ccc(Cl)c(C(F)(F)F)c1)N1CCN(c2ccc(S(N)(=O)=O)cc2)CC1. The number of nitrogens with two attached hydrogens (primary N) is 1. The largest absolute Gasteiger partial charge is 0.417 e. The van der Waals surface area contributed by atoms with E-state index in [1.165, 1.54) is 18.2 Å². The van der Waals surface area contributed by atoms with Crippen LogP contribution in [0.15, 0.2) is 47.4 Å². The number of alkyl halides is 3. The van der Waals surface area contributed by atoms with Gasteiger partial charge < -0.3 is 10.2 Å². The first-order valence-corrected chi connectivity index (χ1v) is 11.6. The van der Waals surface area contributed by atoms with E-state index in [-0.39, 0.29) is 10.6 Å². The molecule has 3 N–H and O–H groups in total. The van der Waals surface area contributed by atoms with Gasteiger partial charge in [-0.15, -0.1) is 0 Å². The monoisotopic (exact) mass is 490 g/mol. The lowest BCUT2D eigenvalue weighted by Crippen LogP contribution is -2.52. The molecule has 1 heterocycles. The van der Waals surface area contributed by atoms with Crippen molar-refractivity contribution in [2.75, 3.05) is 36.4 Å². The summed E-state index contributed by atoms with van der Waals surface area (Å²) in [5, 5.41) is 7.20. The number of hydrogen-bond acceptors (Lipinski definition) is 5. The van der Waals surface area contributed by atoms with Gasteiger partial charge in [0.1, 0.15) is 0 Å². The summed E-state index contributed by atoms with van der Waals surface area (Å²) in [6.07, 6.45) is -4.62. The molecule has 0 spiro atoms. The summed E-state index contributed by atoms with van der Waals surface area (Å²) in [5.41, 5.74) is -0.158. The molecule has 3 rings (SSSR count). The van der Waals surface area contributed by atoms with Gasteiger partial charge in [0.25, 0.3) is 0 Å².